The normalized spacial score (nSPS) is 10.3. The number of carbonyl (C=O) groups excluding carboxylic acids is 2. The molecular formula is C14H22N3O2+. The molecule has 19 heavy (non-hydrogen) atoms. The van der Waals surface area contributed by atoms with E-state index in [1.54, 1.807) is 24.3 Å². The Hall–Kier alpha value is -1.88. The fraction of sp³-hybridized carbons (Fsp3) is 0.429. The van der Waals surface area contributed by atoms with Crippen molar-refractivity contribution in [2.24, 2.45) is 0 Å². The van der Waals surface area contributed by atoms with Crippen molar-refractivity contribution < 1.29 is 14.5 Å². The molecule has 0 aliphatic heterocycles. The zero-order valence-electron chi connectivity index (χ0n) is 11.5. The summed E-state index contributed by atoms with van der Waals surface area (Å²) in [4.78, 5) is 24.6. The van der Waals surface area contributed by atoms with Gasteiger partial charge in [0.25, 0.3) is 0 Å². The van der Waals surface area contributed by atoms with Gasteiger partial charge in [0.2, 0.25) is 0 Å². The van der Waals surface area contributed by atoms with Crippen LogP contribution in [0.2, 0.25) is 0 Å². The third-order valence-corrected chi connectivity index (χ3v) is 3.00. The molecule has 0 aliphatic carbocycles. The van der Waals surface area contributed by atoms with Crippen molar-refractivity contribution >= 4 is 17.5 Å². The minimum atomic E-state index is -0.624. The molecule has 0 bridgehead atoms. The van der Waals surface area contributed by atoms with Crippen molar-refractivity contribution in [1.29, 1.82) is 0 Å². The maximum Gasteiger partial charge on any atom is 0.313 e. The molecule has 0 aliphatic rings. The molecule has 1 aromatic rings. The molecule has 5 heteroatoms. The minimum absolute atomic E-state index is 0.512. The molecule has 0 fully saturated rings. The summed E-state index contributed by atoms with van der Waals surface area (Å²) in [6.07, 6.45) is 0. The van der Waals surface area contributed by atoms with Crippen LogP contribution in [0.5, 0.6) is 0 Å². The van der Waals surface area contributed by atoms with E-state index in [-0.39, 0.29) is 0 Å². The average Bonchev–Trinajstić information content (AvgIpc) is 2.44. The Bertz CT molecular complexity index is 402. The fourth-order valence-electron chi connectivity index (χ4n) is 1.75. The number of carbonyl (C=O) groups is 2. The number of para-hydroxylation sites is 1. The molecule has 2 amide bonds. The van der Waals surface area contributed by atoms with Gasteiger partial charge in [0.1, 0.15) is 0 Å². The summed E-state index contributed by atoms with van der Waals surface area (Å²) < 4.78 is 0. The quantitative estimate of drug-likeness (QED) is 0.616. The van der Waals surface area contributed by atoms with Gasteiger partial charge in [0.05, 0.1) is 26.2 Å². The van der Waals surface area contributed by atoms with Gasteiger partial charge in [0.15, 0.2) is 0 Å². The molecule has 0 saturated heterocycles. The number of hydrogen-bond donors (Lipinski definition) is 3. The fourth-order valence-corrected chi connectivity index (χ4v) is 1.75. The summed E-state index contributed by atoms with van der Waals surface area (Å²) in [7, 11) is 0. The molecule has 0 atom stereocenters. The van der Waals surface area contributed by atoms with Crippen molar-refractivity contribution in [3.8, 4) is 0 Å². The largest absolute Gasteiger partial charge is 0.342 e. The summed E-state index contributed by atoms with van der Waals surface area (Å²) >= 11 is 0. The lowest BCUT2D eigenvalue weighted by molar-refractivity contribution is -0.895. The van der Waals surface area contributed by atoms with Crippen LogP contribution in [0.15, 0.2) is 30.3 Å². The van der Waals surface area contributed by atoms with Gasteiger partial charge in [-0.05, 0) is 26.0 Å². The van der Waals surface area contributed by atoms with E-state index in [0.717, 1.165) is 19.6 Å². The van der Waals surface area contributed by atoms with Crippen LogP contribution in [-0.2, 0) is 9.59 Å². The Morgan fingerprint density at radius 2 is 1.68 bits per heavy atom. The van der Waals surface area contributed by atoms with Gasteiger partial charge in [0, 0.05) is 5.69 Å². The first-order valence-corrected chi connectivity index (χ1v) is 6.65. The van der Waals surface area contributed by atoms with Gasteiger partial charge < -0.3 is 15.5 Å². The van der Waals surface area contributed by atoms with Crippen LogP contribution in [-0.4, -0.2) is 38.0 Å². The first-order valence-electron chi connectivity index (χ1n) is 6.65. The van der Waals surface area contributed by atoms with Crippen LogP contribution >= 0.6 is 0 Å². The molecule has 0 unspecified atom stereocenters. The first-order chi connectivity index (χ1) is 9.17. The molecule has 3 N–H and O–H groups in total. The predicted molar refractivity (Wildman–Crippen MR) is 75.0 cm³/mol. The number of benzene rings is 1. The number of amides is 2. The van der Waals surface area contributed by atoms with Crippen molar-refractivity contribution in [3.63, 3.8) is 0 Å². The highest BCUT2D eigenvalue weighted by Crippen LogP contribution is 2.03. The number of quaternary nitrogens is 1. The first kappa shape index (κ1) is 15.2. The molecule has 0 spiro atoms. The van der Waals surface area contributed by atoms with Gasteiger partial charge in [-0.1, -0.05) is 18.2 Å². The van der Waals surface area contributed by atoms with Crippen LogP contribution in [0.25, 0.3) is 0 Å². The van der Waals surface area contributed by atoms with Crippen LogP contribution in [0.1, 0.15) is 13.8 Å². The summed E-state index contributed by atoms with van der Waals surface area (Å²) in [6.45, 7) is 7.58. The number of rotatable bonds is 6. The predicted octanol–water partition coefficient (Wildman–Crippen LogP) is -0.334. The standard InChI is InChI=1S/C14H21N3O2/c1-3-17(4-2)11-10-15-13(18)14(19)16-12-8-6-5-7-9-12/h5-9H,3-4,10-11H2,1-2H3,(H,15,18)(H,16,19)/p+1. The van der Waals surface area contributed by atoms with Crippen LogP contribution in [0.4, 0.5) is 5.69 Å². The Labute approximate surface area is 114 Å². The Morgan fingerprint density at radius 3 is 2.26 bits per heavy atom. The minimum Gasteiger partial charge on any atom is -0.342 e. The maximum atomic E-state index is 11.6. The lowest BCUT2D eigenvalue weighted by atomic mass is 10.3. The monoisotopic (exact) mass is 264 g/mol. The molecule has 0 saturated carbocycles. The molecular weight excluding hydrogens is 242 g/mol. The number of hydrogen-bond acceptors (Lipinski definition) is 2. The van der Waals surface area contributed by atoms with E-state index in [0.29, 0.717) is 12.2 Å². The van der Waals surface area contributed by atoms with Gasteiger partial charge >= 0.3 is 11.8 Å². The van der Waals surface area contributed by atoms with Gasteiger partial charge in [-0.2, -0.15) is 0 Å². The zero-order chi connectivity index (χ0) is 14.1. The van der Waals surface area contributed by atoms with E-state index in [4.69, 9.17) is 0 Å². The van der Waals surface area contributed by atoms with E-state index in [9.17, 15) is 9.59 Å². The Kier molecular flexibility index (Phi) is 6.60. The summed E-state index contributed by atoms with van der Waals surface area (Å²) in [6, 6.07) is 8.94. The number of anilines is 1. The van der Waals surface area contributed by atoms with Crippen molar-refractivity contribution in [1.82, 2.24) is 5.32 Å². The van der Waals surface area contributed by atoms with E-state index in [2.05, 4.69) is 24.5 Å². The van der Waals surface area contributed by atoms with E-state index in [1.165, 1.54) is 4.90 Å². The Balaban J connectivity index is 2.31. The lowest BCUT2D eigenvalue weighted by Crippen LogP contribution is -3.12. The van der Waals surface area contributed by atoms with Crippen LogP contribution in [0.3, 0.4) is 0 Å². The van der Waals surface area contributed by atoms with E-state index in [1.807, 2.05) is 6.07 Å². The highest BCUT2D eigenvalue weighted by atomic mass is 16.2. The van der Waals surface area contributed by atoms with Gasteiger partial charge in [-0.3, -0.25) is 9.59 Å². The lowest BCUT2D eigenvalue weighted by Gasteiger charge is -2.15. The summed E-state index contributed by atoms with van der Waals surface area (Å²) in [5.41, 5.74) is 0.622. The molecule has 0 heterocycles. The molecule has 0 aromatic heterocycles. The zero-order valence-corrected chi connectivity index (χ0v) is 11.5. The second-order valence-electron chi connectivity index (χ2n) is 4.28. The molecule has 1 rings (SSSR count). The van der Waals surface area contributed by atoms with Crippen LogP contribution in [0, 0.1) is 0 Å². The molecule has 0 radical (unpaired) electrons. The summed E-state index contributed by atoms with van der Waals surface area (Å²) in [5, 5.41) is 5.18. The van der Waals surface area contributed by atoms with Crippen molar-refractivity contribution in [3.05, 3.63) is 30.3 Å². The number of likely N-dealkylation sites (N-methyl/N-ethyl adjacent to an activating group) is 1. The SMILES string of the molecule is CC[NH+](CC)CCNC(=O)C(=O)Nc1ccccc1. The maximum absolute atomic E-state index is 11.6. The second-order valence-corrected chi connectivity index (χ2v) is 4.28. The topological polar surface area (TPSA) is 62.6 Å². The second kappa shape index (κ2) is 8.26. The highest BCUT2D eigenvalue weighted by molar-refractivity contribution is 6.39. The van der Waals surface area contributed by atoms with Crippen molar-refractivity contribution in [2.45, 2.75) is 13.8 Å². The Morgan fingerprint density at radius 1 is 1.05 bits per heavy atom. The highest BCUT2D eigenvalue weighted by Gasteiger charge is 2.13. The van der Waals surface area contributed by atoms with Crippen LogP contribution < -0.4 is 15.5 Å². The third kappa shape index (κ3) is 5.52. The molecule has 104 valence electrons. The molecule has 1 aromatic carbocycles. The average molecular weight is 264 g/mol. The smallest absolute Gasteiger partial charge is 0.313 e. The van der Waals surface area contributed by atoms with Gasteiger partial charge in [-0.15, -0.1) is 0 Å². The molecule has 5 nitrogen and oxygen atoms in total. The van der Waals surface area contributed by atoms with E-state index < -0.39 is 11.8 Å². The van der Waals surface area contributed by atoms with Crippen molar-refractivity contribution in [2.75, 3.05) is 31.5 Å². The summed E-state index contributed by atoms with van der Waals surface area (Å²) in [5.74, 6) is -1.21. The van der Waals surface area contributed by atoms with E-state index >= 15 is 0 Å². The van der Waals surface area contributed by atoms with Gasteiger partial charge in [-0.25, -0.2) is 0 Å². The number of nitrogens with one attached hydrogen (secondary N) is 3. The third-order valence-electron chi connectivity index (χ3n) is 3.00.